The predicted molar refractivity (Wildman–Crippen MR) is 148 cm³/mol. The molecular weight excluding hydrogens is 488 g/mol. The molecule has 1 atom stereocenters. The van der Waals surface area contributed by atoms with Gasteiger partial charge in [0.2, 0.25) is 5.96 Å². The van der Waals surface area contributed by atoms with Gasteiger partial charge in [0.15, 0.2) is 11.2 Å². The minimum absolute atomic E-state index is 0.168. The molecule has 1 aliphatic heterocycles. The summed E-state index contributed by atoms with van der Waals surface area (Å²) in [4.78, 5) is 11.0. The lowest BCUT2D eigenvalue weighted by Crippen LogP contribution is -2.41. The molecular formula is C23H39ClN8O2S. The molecule has 1 aliphatic rings. The van der Waals surface area contributed by atoms with Crippen molar-refractivity contribution in [3.8, 4) is 0 Å². The summed E-state index contributed by atoms with van der Waals surface area (Å²) in [5.74, 6) is 1.91. The van der Waals surface area contributed by atoms with Crippen LogP contribution in [0.4, 0.5) is 0 Å². The molecule has 35 heavy (non-hydrogen) atoms. The van der Waals surface area contributed by atoms with Gasteiger partial charge in [-0.25, -0.2) is 14.3 Å². The van der Waals surface area contributed by atoms with E-state index in [1.807, 2.05) is 20.0 Å². The molecule has 0 aliphatic carbocycles. The second-order valence-corrected chi connectivity index (χ2v) is 8.57. The van der Waals surface area contributed by atoms with Gasteiger partial charge in [0.05, 0.1) is 18.7 Å². The molecule has 0 spiro atoms. The molecule has 1 fully saturated rings. The van der Waals surface area contributed by atoms with Crippen molar-refractivity contribution in [1.82, 2.24) is 25.6 Å². The SMILES string of the molecule is CN=C(NC(CCl)=N/C=C/C=C\C=C\NS(N)=O)NC(/C=C\CN1CCC(NC)CC1)=C(/C)OC. The zero-order chi connectivity index (χ0) is 25.9. The van der Waals surface area contributed by atoms with Crippen LogP contribution in [0.25, 0.3) is 0 Å². The predicted octanol–water partition coefficient (Wildman–Crippen LogP) is 1.62. The number of guanidine groups is 1. The van der Waals surface area contributed by atoms with E-state index in [9.17, 15) is 4.21 Å². The van der Waals surface area contributed by atoms with E-state index in [0.29, 0.717) is 17.8 Å². The third-order valence-corrected chi connectivity index (χ3v) is 5.75. The maximum atomic E-state index is 10.7. The monoisotopic (exact) mass is 526 g/mol. The van der Waals surface area contributed by atoms with Crippen LogP contribution in [0.15, 0.2) is 70.3 Å². The summed E-state index contributed by atoms with van der Waals surface area (Å²) >= 11 is 4.48. The highest BCUT2D eigenvalue weighted by atomic mass is 35.5. The van der Waals surface area contributed by atoms with Gasteiger partial charge in [0.1, 0.15) is 11.6 Å². The maximum Gasteiger partial charge on any atom is 0.201 e. The Hall–Kier alpha value is -2.44. The van der Waals surface area contributed by atoms with Crippen LogP contribution in [-0.4, -0.2) is 73.7 Å². The number of hydrogen-bond donors (Lipinski definition) is 5. The molecule has 12 heteroatoms. The second kappa shape index (κ2) is 18.8. The molecule has 1 rings (SSSR count). The number of alkyl halides is 1. The number of methoxy groups -OCH3 is 1. The van der Waals surface area contributed by atoms with Gasteiger partial charge in [0.25, 0.3) is 0 Å². The molecule has 0 bridgehead atoms. The summed E-state index contributed by atoms with van der Waals surface area (Å²) in [5.41, 5.74) is 0.789. The third kappa shape index (κ3) is 13.9. The number of hydrogen-bond acceptors (Lipinski definition) is 6. The van der Waals surface area contributed by atoms with Gasteiger partial charge in [0, 0.05) is 32.0 Å². The van der Waals surface area contributed by atoms with E-state index in [0.717, 1.165) is 43.9 Å². The fourth-order valence-electron chi connectivity index (χ4n) is 3.06. The molecule has 6 N–H and O–H groups in total. The highest BCUT2D eigenvalue weighted by Crippen LogP contribution is 2.10. The van der Waals surface area contributed by atoms with E-state index in [1.165, 1.54) is 6.20 Å². The Morgan fingerprint density at radius 1 is 1.23 bits per heavy atom. The number of piperidine rings is 1. The number of nitrogens with two attached hydrogens (primary N) is 1. The number of allylic oxidation sites excluding steroid dienone is 6. The van der Waals surface area contributed by atoms with Crippen LogP contribution in [0.1, 0.15) is 19.8 Å². The van der Waals surface area contributed by atoms with Crippen molar-refractivity contribution >= 4 is 34.6 Å². The summed E-state index contributed by atoms with van der Waals surface area (Å²) < 4.78 is 18.6. The lowest BCUT2D eigenvalue weighted by molar-refractivity contribution is 0.220. The first kappa shape index (κ1) is 30.6. The van der Waals surface area contributed by atoms with Crippen molar-refractivity contribution in [2.75, 3.05) is 46.7 Å². The molecule has 0 saturated carbocycles. The van der Waals surface area contributed by atoms with Crippen molar-refractivity contribution in [3.05, 3.63) is 60.3 Å². The summed E-state index contributed by atoms with van der Waals surface area (Å²) in [6, 6.07) is 0.615. The average molecular weight is 527 g/mol. The van der Waals surface area contributed by atoms with Crippen LogP contribution >= 0.6 is 11.6 Å². The third-order valence-electron chi connectivity index (χ3n) is 5.13. The zero-order valence-electron chi connectivity index (χ0n) is 21.0. The summed E-state index contributed by atoms with van der Waals surface area (Å²) in [6.07, 6.45) is 16.4. The van der Waals surface area contributed by atoms with Crippen molar-refractivity contribution in [1.29, 1.82) is 0 Å². The van der Waals surface area contributed by atoms with Crippen LogP contribution in [0.2, 0.25) is 0 Å². The summed E-state index contributed by atoms with van der Waals surface area (Å²) in [7, 11) is 5.33. The molecule has 0 aromatic heterocycles. The van der Waals surface area contributed by atoms with E-state index in [4.69, 9.17) is 21.5 Å². The molecule has 0 radical (unpaired) electrons. The van der Waals surface area contributed by atoms with Crippen molar-refractivity contribution in [2.45, 2.75) is 25.8 Å². The van der Waals surface area contributed by atoms with Crippen LogP contribution in [-0.2, 0) is 15.9 Å². The molecule has 1 heterocycles. The number of aliphatic imine (C=N–C) groups is 2. The fraction of sp³-hybridized carbons (Fsp3) is 0.478. The first-order valence-corrected chi connectivity index (χ1v) is 13.0. The normalized spacial score (nSPS) is 18.6. The van der Waals surface area contributed by atoms with E-state index in [1.54, 1.807) is 44.7 Å². The number of likely N-dealkylation sites (tertiary alicyclic amines) is 1. The van der Waals surface area contributed by atoms with Gasteiger partial charge in [-0.05, 0) is 58.1 Å². The van der Waals surface area contributed by atoms with Crippen LogP contribution < -0.4 is 25.8 Å². The van der Waals surface area contributed by atoms with E-state index in [2.05, 4.69) is 41.6 Å². The Kier molecular flexibility index (Phi) is 16.5. The highest BCUT2D eigenvalue weighted by molar-refractivity contribution is 7.80. The minimum atomic E-state index is -1.57. The van der Waals surface area contributed by atoms with Gasteiger partial charge < -0.3 is 20.7 Å². The van der Waals surface area contributed by atoms with Gasteiger partial charge in [-0.3, -0.25) is 14.6 Å². The Bertz CT molecular complexity index is 860. The first-order chi connectivity index (χ1) is 16.9. The quantitative estimate of drug-likeness (QED) is 0.0864. The highest BCUT2D eigenvalue weighted by Gasteiger charge is 2.16. The van der Waals surface area contributed by atoms with E-state index >= 15 is 0 Å². The molecule has 0 amide bonds. The topological polar surface area (TPSA) is 128 Å². The van der Waals surface area contributed by atoms with E-state index < -0.39 is 11.2 Å². The smallest absolute Gasteiger partial charge is 0.201 e. The average Bonchev–Trinajstić information content (AvgIpc) is 2.87. The maximum absolute atomic E-state index is 10.7. The summed E-state index contributed by atoms with van der Waals surface area (Å²) in [6.45, 7) is 4.91. The van der Waals surface area contributed by atoms with Crippen molar-refractivity contribution < 1.29 is 8.95 Å². The molecule has 0 aromatic rings. The Balaban J connectivity index is 2.69. The molecule has 0 aromatic carbocycles. The van der Waals surface area contributed by atoms with Crippen molar-refractivity contribution in [2.24, 2.45) is 15.1 Å². The fourth-order valence-corrected chi connectivity index (χ4v) is 3.41. The standard InChI is InChI=1S/C23H39ClN8O2S/c1-19(34-4)21(10-9-15-32-16-11-20(26-2)12-17-32)30-23(27-3)31-22(18-24)28-13-7-5-6-8-14-29-35(25)33/h5-10,13-14,20,26,29H,11-12,15-18,25H2,1-4H3,(H2,27,28,30,31)/b6-5-,10-9-,13-7+,14-8+,21-19-. The lowest BCUT2D eigenvalue weighted by Gasteiger charge is -2.30. The number of halogens is 1. The first-order valence-electron chi connectivity index (χ1n) is 11.3. The van der Waals surface area contributed by atoms with Gasteiger partial charge in [-0.1, -0.05) is 18.2 Å². The lowest BCUT2D eigenvalue weighted by atomic mass is 10.1. The van der Waals surface area contributed by atoms with Crippen LogP contribution in [0.5, 0.6) is 0 Å². The van der Waals surface area contributed by atoms with Crippen molar-refractivity contribution in [3.63, 3.8) is 0 Å². The van der Waals surface area contributed by atoms with Gasteiger partial charge >= 0.3 is 0 Å². The van der Waals surface area contributed by atoms with Crippen LogP contribution in [0.3, 0.4) is 0 Å². The minimum Gasteiger partial charge on any atom is -0.499 e. The molecule has 1 unspecified atom stereocenters. The number of nitrogens with one attached hydrogen (secondary N) is 4. The largest absolute Gasteiger partial charge is 0.499 e. The Morgan fingerprint density at radius 2 is 1.94 bits per heavy atom. The Labute approximate surface area is 216 Å². The summed E-state index contributed by atoms with van der Waals surface area (Å²) in [5, 5.41) is 14.8. The zero-order valence-corrected chi connectivity index (χ0v) is 22.5. The molecule has 1 saturated heterocycles. The van der Waals surface area contributed by atoms with Gasteiger partial charge in [-0.2, -0.15) is 0 Å². The molecule has 196 valence electrons. The van der Waals surface area contributed by atoms with E-state index in [-0.39, 0.29) is 5.88 Å². The number of nitrogens with zero attached hydrogens (tertiary/aromatic N) is 3. The number of amidine groups is 1. The Morgan fingerprint density at radius 3 is 2.54 bits per heavy atom. The van der Waals surface area contributed by atoms with Crippen LogP contribution in [0, 0.1) is 0 Å². The second-order valence-electron chi connectivity index (χ2n) is 7.47. The number of rotatable bonds is 12. The molecule has 10 nitrogen and oxygen atoms in total. The number of ether oxygens (including phenoxy) is 1. The van der Waals surface area contributed by atoms with Gasteiger partial charge in [-0.15, -0.1) is 11.6 Å².